The Bertz CT molecular complexity index is 537. The monoisotopic (exact) mass is 345 g/mol. The van der Waals surface area contributed by atoms with Gasteiger partial charge >= 0.3 is 6.18 Å². The first kappa shape index (κ1) is 20.1. The van der Waals surface area contributed by atoms with Gasteiger partial charge in [0.2, 0.25) is 0 Å². The zero-order chi connectivity index (χ0) is 18.2. The lowest BCUT2D eigenvalue weighted by Gasteiger charge is -2.23. The third-order valence-electron chi connectivity index (χ3n) is 2.84. The van der Waals surface area contributed by atoms with Crippen molar-refractivity contribution in [3.63, 3.8) is 0 Å². The molecule has 2 N–H and O–H groups in total. The van der Waals surface area contributed by atoms with Crippen LogP contribution in [0.3, 0.4) is 0 Å². The van der Waals surface area contributed by atoms with Gasteiger partial charge in [0.25, 0.3) is 0 Å². The topological polar surface area (TPSA) is 45.7 Å². The number of rotatable bonds is 6. The van der Waals surface area contributed by atoms with Crippen LogP contribution in [0.5, 0.6) is 5.75 Å². The van der Waals surface area contributed by atoms with Gasteiger partial charge in [-0.3, -0.25) is 0 Å². The summed E-state index contributed by atoms with van der Waals surface area (Å²) in [6.07, 6.45) is -5.08. The van der Waals surface area contributed by atoms with Crippen molar-refractivity contribution in [3.8, 4) is 5.75 Å². The van der Waals surface area contributed by atoms with Crippen LogP contribution in [0.4, 0.5) is 13.2 Å². The number of nitrogens with one attached hydrogen (secondary N) is 2. The molecular formula is C17H26F3N3O. The standard InChI is InChI=1S/C17H26F3N3O/c1-5-21-15(22-11-10-17(18,19)20)23-12-13-8-6-7-9-14(13)24-16(2,3)4/h6-9H,5,10-12H2,1-4H3,(H2,21,22,23). The molecular weight excluding hydrogens is 319 g/mol. The number of benzene rings is 1. The molecule has 0 amide bonds. The zero-order valence-electron chi connectivity index (χ0n) is 14.6. The van der Waals surface area contributed by atoms with E-state index in [-0.39, 0.29) is 12.1 Å². The van der Waals surface area contributed by atoms with Crippen LogP contribution in [0.1, 0.15) is 39.7 Å². The van der Waals surface area contributed by atoms with Gasteiger partial charge in [-0.1, -0.05) is 18.2 Å². The summed E-state index contributed by atoms with van der Waals surface area (Å²) < 4.78 is 42.6. The van der Waals surface area contributed by atoms with Crippen LogP contribution in [-0.4, -0.2) is 30.8 Å². The van der Waals surface area contributed by atoms with Crippen molar-refractivity contribution < 1.29 is 17.9 Å². The Morgan fingerprint density at radius 1 is 1.12 bits per heavy atom. The van der Waals surface area contributed by atoms with Crippen LogP contribution >= 0.6 is 0 Å². The average molecular weight is 345 g/mol. The molecule has 0 heterocycles. The maximum absolute atomic E-state index is 12.2. The SMILES string of the molecule is CCNC(=NCc1ccccc1OC(C)(C)C)NCCC(F)(F)F. The molecule has 1 aromatic rings. The third-order valence-corrected chi connectivity index (χ3v) is 2.84. The van der Waals surface area contributed by atoms with Crippen LogP contribution < -0.4 is 15.4 Å². The average Bonchev–Trinajstić information content (AvgIpc) is 2.43. The normalized spacial score (nSPS) is 12.9. The highest BCUT2D eigenvalue weighted by Gasteiger charge is 2.26. The van der Waals surface area contributed by atoms with Gasteiger partial charge in [-0.25, -0.2) is 4.99 Å². The van der Waals surface area contributed by atoms with Crippen LogP contribution in [-0.2, 0) is 6.54 Å². The molecule has 1 rings (SSSR count). The predicted octanol–water partition coefficient (Wildman–Crippen LogP) is 3.87. The van der Waals surface area contributed by atoms with Crippen molar-refractivity contribution in [2.24, 2.45) is 4.99 Å². The van der Waals surface area contributed by atoms with Gasteiger partial charge in [0, 0.05) is 18.7 Å². The van der Waals surface area contributed by atoms with Crippen molar-refractivity contribution in [3.05, 3.63) is 29.8 Å². The Kier molecular flexibility index (Phi) is 7.38. The molecule has 24 heavy (non-hydrogen) atoms. The third kappa shape index (κ3) is 8.64. The van der Waals surface area contributed by atoms with Crippen LogP contribution in [0.2, 0.25) is 0 Å². The van der Waals surface area contributed by atoms with E-state index in [9.17, 15) is 13.2 Å². The molecule has 0 atom stereocenters. The van der Waals surface area contributed by atoms with Crippen LogP contribution in [0.15, 0.2) is 29.3 Å². The lowest BCUT2D eigenvalue weighted by Crippen LogP contribution is -2.38. The van der Waals surface area contributed by atoms with Crippen molar-refractivity contribution >= 4 is 5.96 Å². The second kappa shape index (κ2) is 8.80. The second-order valence-electron chi connectivity index (χ2n) is 6.31. The number of para-hydroxylation sites is 1. The molecule has 0 aliphatic rings. The minimum absolute atomic E-state index is 0.213. The lowest BCUT2D eigenvalue weighted by molar-refractivity contribution is -0.132. The summed E-state index contributed by atoms with van der Waals surface area (Å²) in [6.45, 7) is 8.39. The van der Waals surface area contributed by atoms with Crippen molar-refractivity contribution in [2.45, 2.75) is 52.4 Å². The number of alkyl halides is 3. The highest BCUT2D eigenvalue weighted by molar-refractivity contribution is 5.79. The second-order valence-corrected chi connectivity index (χ2v) is 6.31. The molecule has 0 radical (unpaired) electrons. The molecule has 7 heteroatoms. The molecule has 0 saturated carbocycles. The Hall–Kier alpha value is -1.92. The van der Waals surface area contributed by atoms with E-state index >= 15 is 0 Å². The minimum Gasteiger partial charge on any atom is -0.488 e. The Labute approximate surface area is 141 Å². The molecule has 0 saturated heterocycles. The van der Waals surface area contributed by atoms with E-state index in [4.69, 9.17) is 4.74 Å². The maximum atomic E-state index is 12.2. The molecule has 0 bridgehead atoms. The minimum atomic E-state index is -4.18. The van der Waals surface area contributed by atoms with E-state index in [1.54, 1.807) is 0 Å². The number of guanidine groups is 1. The van der Waals surface area contributed by atoms with Gasteiger partial charge in [0.1, 0.15) is 11.4 Å². The van der Waals surface area contributed by atoms with Crippen LogP contribution in [0.25, 0.3) is 0 Å². The maximum Gasteiger partial charge on any atom is 0.390 e. The zero-order valence-corrected chi connectivity index (χ0v) is 14.6. The van der Waals surface area contributed by atoms with E-state index in [1.807, 2.05) is 52.0 Å². The number of hydrogen-bond acceptors (Lipinski definition) is 2. The van der Waals surface area contributed by atoms with Crippen molar-refractivity contribution in [1.82, 2.24) is 10.6 Å². The first-order chi connectivity index (χ1) is 11.1. The number of hydrogen-bond donors (Lipinski definition) is 2. The first-order valence-electron chi connectivity index (χ1n) is 7.96. The summed E-state index contributed by atoms with van der Waals surface area (Å²) >= 11 is 0. The molecule has 0 fully saturated rings. The Balaban J connectivity index is 2.75. The van der Waals surface area contributed by atoms with Gasteiger partial charge in [-0.05, 0) is 33.8 Å². The summed E-state index contributed by atoms with van der Waals surface area (Å²) in [5.41, 5.74) is 0.537. The smallest absolute Gasteiger partial charge is 0.390 e. The summed E-state index contributed by atoms with van der Waals surface area (Å²) in [5, 5.41) is 5.63. The highest BCUT2D eigenvalue weighted by Crippen LogP contribution is 2.23. The quantitative estimate of drug-likeness (QED) is 0.608. The fraction of sp³-hybridized carbons (Fsp3) is 0.588. The van der Waals surface area contributed by atoms with Gasteiger partial charge in [-0.15, -0.1) is 0 Å². The number of nitrogens with zero attached hydrogens (tertiary/aromatic N) is 1. The largest absolute Gasteiger partial charge is 0.488 e. The van der Waals surface area contributed by atoms with Crippen molar-refractivity contribution in [2.75, 3.05) is 13.1 Å². The molecule has 0 aliphatic heterocycles. The summed E-state index contributed by atoms with van der Waals surface area (Å²) in [7, 11) is 0. The molecule has 0 unspecified atom stereocenters. The summed E-state index contributed by atoms with van der Waals surface area (Å²) in [5.74, 6) is 1.08. The highest BCUT2D eigenvalue weighted by atomic mass is 19.4. The first-order valence-corrected chi connectivity index (χ1v) is 7.96. The predicted molar refractivity (Wildman–Crippen MR) is 90.3 cm³/mol. The molecule has 4 nitrogen and oxygen atoms in total. The Morgan fingerprint density at radius 3 is 2.38 bits per heavy atom. The summed E-state index contributed by atoms with van der Waals surface area (Å²) in [4.78, 5) is 4.34. The summed E-state index contributed by atoms with van der Waals surface area (Å²) in [6, 6.07) is 7.51. The number of halogens is 3. The van der Waals surface area contributed by atoms with Crippen molar-refractivity contribution in [1.29, 1.82) is 0 Å². The Morgan fingerprint density at radius 2 is 1.79 bits per heavy atom. The van der Waals surface area contributed by atoms with E-state index in [0.717, 1.165) is 11.3 Å². The molecule has 0 aliphatic carbocycles. The lowest BCUT2D eigenvalue weighted by atomic mass is 10.1. The fourth-order valence-electron chi connectivity index (χ4n) is 1.89. The van der Waals surface area contributed by atoms with Crippen LogP contribution in [0, 0.1) is 0 Å². The molecule has 0 spiro atoms. The fourth-order valence-corrected chi connectivity index (χ4v) is 1.89. The van der Waals surface area contributed by atoms with E-state index in [1.165, 1.54) is 0 Å². The number of aliphatic imine (C=N–C) groups is 1. The molecule has 1 aromatic carbocycles. The number of ether oxygens (including phenoxy) is 1. The molecule has 136 valence electrons. The van der Waals surface area contributed by atoms with E-state index in [0.29, 0.717) is 19.0 Å². The van der Waals surface area contributed by atoms with E-state index in [2.05, 4.69) is 15.6 Å². The van der Waals surface area contributed by atoms with Gasteiger partial charge in [0.15, 0.2) is 5.96 Å². The van der Waals surface area contributed by atoms with E-state index < -0.39 is 12.6 Å². The van der Waals surface area contributed by atoms with Gasteiger partial charge < -0.3 is 15.4 Å². The van der Waals surface area contributed by atoms with Gasteiger partial charge in [0.05, 0.1) is 13.0 Å². The molecule has 0 aromatic heterocycles. The van der Waals surface area contributed by atoms with Gasteiger partial charge in [-0.2, -0.15) is 13.2 Å².